The Morgan fingerprint density at radius 2 is 1.62 bits per heavy atom. The smallest absolute Gasteiger partial charge is 0.300 e. The molecule has 5 rings (SSSR count). The molecule has 2 saturated heterocycles. The summed E-state index contributed by atoms with van der Waals surface area (Å²) in [4.78, 5) is 30.7. The fourth-order valence-electron chi connectivity index (χ4n) is 5.45. The Kier molecular flexibility index (Phi) is 6.38. The Balaban J connectivity index is 1.68. The summed E-state index contributed by atoms with van der Waals surface area (Å²) in [6.07, 6.45) is 2.30. The van der Waals surface area contributed by atoms with Gasteiger partial charge in [0.25, 0.3) is 11.7 Å². The van der Waals surface area contributed by atoms with Gasteiger partial charge >= 0.3 is 0 Å². The van der Waals surface area contributed by atoms with Gasteiger partial charge in [-0.1, -0.05) is 18.2 Å². The first-order valence-electron chi connectivity index (χ1n) is 12.4. The second-order valence-electron chi connectivity index (χ2n) is 9.64. The molecule has 1 amide bonds. The van der Waals surface area contributed by atoms with Crippen molar-refractivity contribution in [3.8, 4) is 11.5 Å². The largest absolute Gasteiger partial charge is 0.508 e. The molecule has 7 heteroatoms. The molecular formula is C30H30N2O5. The third-order valence-electron chi connectivity index (χ3n) is 7.11. The highest BCUT2D eigenvalue weighted by atomic mass is 16.5. The van der Waals surface area contributed by atoms with Gasteiger partial charge in [-0.2, -0.15) is 0 Å². The van der Waals surface area contributed by atoms with E-state index < -0.39 is 17.7 Å². The minimum absolute atomic E-state index is 0.00329. The van der Waals surface area contributed by atoms with Gasteiger partial charge in [0.1, 0.15) is 17.3 Å². The van der Waals surface area contributed by atoms with E-state index in [-0.39, 0.29) is 17.1 Å². The van der Waals surface area contributed by atoms with E-state index in [4.69, 9.17) is 4.74 Å². The van der Waals surface area contributed by atoms with Crippen molar-refractivity contribution in [3.63, 3.8) is 0 Å². The van der Waals surface area contributed by atoms with Crippen LogP contribution < -0.4 is 14.5 Å². The summed E-state index contributed by atoms with van der Waals surface area (Å²) in [5.74, 6) is -1.43. The Labute approximate surface area is 216 Å². The number of amides is 1. The predicted molar refractivity (Wildman–Crippen MR) is 143 cm³/mol. The molecule has 1 unspecified atom stereocenters. The molecule has 0 spiro atoms. The third-order valence-corrected chi connectivity index (χ3v) is 7.11. The molecule has 2 heterocycles. The third kappa shape index (κ3) is 4.31. The number of hydrogen-bond donors (Lipinski definition) is 2. The van der Waals surface area contributed by atoms with Crippen molar-refractivity contribution in [2.75, 3.05) is 30.0 Å². The lowest BCUT2D eigenvalue weighted by Gasteiger charge is -2.26. The van der Waals surface area contributed by atoms with Gasteiger partial charge in [0.2, 0.25) is 0 Å². The number of carbonyl (C=O) groups excluding carboxylic acids is 2. The number of aromatic hydroxyl groups is 1. The Morgan fingerprint density at radius 1 is 0.946 bits per heavy atom. The molecule has 3 aromatic carbocycles. The highest BCUT2D eigenvalue weighted by Gasteiger charge is 2.47. The molecule has 0 saturated carbocycles. The summed E-state index contributed by atoms with van der Waals surface area (Å²) in [5.41, 5.74) is 4.06. The van der Waals surface area contributed by atoms with Crippen LogP contribution in [0.1, 0.15) is 41.1 Å². The van der Waals surface area contributed by atoms with Crippen LogP contribution in [0.5, 0.6) is 11.5 Å². The van der Waals surface area contributed by atoms with Crippen LogP contribution in [0.3, 0.4) is 0 Å². The normalized spacial score (nSPS) is 19.1. The van der Waals surface area contributed by atoms with Crippen LogP contribution in [-0.2, 0) is 9.59 Å². The molecule has 3 aromatic rings. The van der Waals surface area contributed by atoms with E-state index in [1.54, 1.807) is 18.2 Å². The fraction of sp³-hybridized carbons (Fsp3) is 0.267. The van der Waals surface area contributed by atoms with Gasteiger partial charge in [0.15, 0.2) is 0 Å². The van der Waals surface area contributed by atoms with Crippen molar-refractivity contribution in [1.82, 2.24) is 0 Å². The van der Waals surface area contributed by atoms with Gasteiger partial charge in [-0.3, -0.25) is 14.5 Å². The maximum atomic E-state index is 13.5. The number of anilines is 2. The number of aryl methyl sites for hydroxylation is 2. The number of ketones is 1. The number of benzene rings is 3. The first-order valence-corrected chi connectivity index (χ1v) is 12.4. The number of hydrogen-bond acceptors (Lipinski definition) is 6. The van der Waals surface area contributed by atoms with E-state index in [9.17, 15) is 19.8 Å². The first kappa shape index (κ1) is 24.4. The number of nitrogens with zero attached hydrogens (tertiary/aromatic N) is 2. The van der Waals surface area contributed by atoms with E-state index in [1.165, 1.54) is 24.1 Å². The first-order chi connectivity index (χ1) is 17.8. The van der Waals surface area contributed by atoms with Gasteiger partial charge in [0.05, 0.1) is 24.3 Å². The van der Waals surface area contributed by atoms with Crippen LogP contribution >= 0.6 is 0 Å². The topological polar surface area (TPSA) is 90.3 Å². The molecule has 0 aromatic heterocycles. The van der Waals surface area contributed by atoms with Crippen LogP contribution in [0.4, 0.5) is 11.4 Å². The summed E-state index contributed by atoms with van der Waals surface area (Å²) in [5, 5.41) is 21.8. The van der Waals surface area contributed by atoms with Crippen molar-refractivity contribution in [2.45, 2.75) is 32.7 Å². The molecule has 2 aliphatic rings. The van der Waals surface area contributed by atoms with Crippen LogP contribution in [0, 0.1) is 13.8 Å². The maximum Gasteiger partial charge on any atom is 0.300 e. The molecule has 2 N–H and O–H groups in total. The van der Waals surface area contributed by atoms with Gasteiger partial charge in [0, 0.05) is 24.5 Å². The monoisotopic (exact) mass is 498 g/mol. The zero-order valence-electron chi connectivity index (χ0n) is 21.2. The lowest BCUT2D eigenvalue weighted by Crippen LogP contribution is -2.29. The minimum Gasteiger partial charge on any atom is -0.508 e. The predicted octanol–water partition coefficient (Wildman–Crippen LogP) is 5.24. The van der Waals surface area contributed by atoms with Crippen molar-refractivity contribution in [2.24, 2.45) is 0 Å². The second kappa shape index (κ2) is 9.65. The number of methoxy groups -OCH3 is 1. The second-order valence-corrected chi connectivity index (χ2v) is 9.64. The number of aliphatic hydroxyl groups excluding tert-OH is 1. The minimum atomic E-state index is -0.935. The van der Waals surface area contributed by atoms with Crippen LogP contribution in [-0.4, -0.2) is 42.1 Å². The summed E-state index contributed by atoms with van der Waals surface area (Å²) >= 11 is 0. The number of phenols is 1. The summed E-state index contributed by atoms with van der Waals surface area (Å²) in [6.45, 7) is 5.72. The average molecular weight is 499 g/mol. The molecule has 7 nitrogen and oxygen atoms in total. The number of aliphatic hydroxyl groups is 1. The van der Waals surface area contributed by atoms with Crippen molar-refractivity contribution >= 4 is 28.8 Å². The molecular weight excluding hydrogens is 468 g/mol. The van der Waals surface area contributed by atoms with E-state index >= 15 is 0 Å². The SMILES string of the molecule is COc1c(C)cc(C)cc1/C(O)=C1\C(=O)C(=O)N(c2ccc(N3CCCC3)cc2)C1c1cccc(O)c1. The Hall–Kier alpha value is -4.26. The molecule has 0 radical (unpaired) electrons. The molecule has 0 bridgehead atoms. The lowest BCUT2D eigenvalue weighted by molar-refractivity contribution is -0.132. The summed E-state index contributed by atoms with van der Waals surface area (Å²) in [7, 11) is 1.50. The molecule has 2 aliphatic heterocycles. The number of carbonyl (C=O) groups is 2. The van der Waals surface area contributed by atoms with Crippen LogP contribution in [0.25, 0.3) is 5.76 Å². The highest BCUT2D eigenvalue weighted by molar-refractivity contribution is 6.51. The zero-order valence-corrected chi connectivity index (χ0v) is 21.2. The van der Waals surface area contributed by atoms with E-state index in [2.05, 4.69) is 4.90 Å². The van der Waals surface area contributed by atoms with Crippen molar-refractivity contribution in [3.05, 3.63) is 88.5 Å². The zero-order chi connectivity index (χ0) is 26.3. The summed E-state index contributed by atoms with van der Waals surface area (Å²) < 4.78 is 5.56. The van der Waals surface area contributed by atoms with Crippen LogP contribution in [0.2, 0.25) is 0 Å². The van der Waals surface area contributed by atoms with Crippen molar-refractivity contribution in [1.29, 1.82) is 0 Å². The van der Waals surface area contributed by atoms with Crippen molar-refractivity contribution < 1.29 is 24.5 Å². The van der Waals surface area contributed by atoms with Gasteiger partial charge in [-0.15, -0.1) is 0 Å². The molecule has 1 atom stereocenters. The van der Waals surface area contributed by atoms with E-state index in [0.29, 0.717) is 22.6 Å². The molecule has 37 heavy (non-hydrogen) atoms. The quantitative estimate of drug-likeness (QED) is 0.284. The maximum absolute atomic E-state index is 13.5. The molecule has 0 aliphatic carbocycles. The lowest BCUT2D eigenvalue weighted by atomic mass is 9.93. The van der Waals surface area contributed by atoms with E-state index in [0.717, 1.165) is 42.7 Å². The highest BCUT2D eigenvalue weighted by Crippen LogP contribution is 2.44. The Morgan fingerprint density at radius 3 is 2.27 bits per heavy atom. The molecule has 190 valence electrons. The Bertz CT molecular complexity index is 1400. The van der Waals surface area contributed by atoms with Gasteiger partial charge in [-0.25, -0.2) is 0 Å². The average Bonchev–Trinajstić information content (AvgIpc) is 3.51. The van der Waals surface area contributed by atoms with Crippen LogP contribution in [0.15, 0.2) is 66.2 Å². The summed E-state index contributed by atoms with van der Waals surface area (Å²) in [6, 6.07) is 16.7. The van der Waals surface area contributed by atoms with Gasteiger partial charge < -0.3 is 19.8 Å². The number of ether oxygens (including phenoxy) is 1. The van der Waals surface area contributed by atoms with Gasteiger partial charge in [-0.05, 0) is 85.8 Å². The fourth-order valence-corrected chi connectivity index (χ4v) is 5.45. The number of Topliss-reactive ketones (excluding diaryl/α,β-unsaturated/α-hetero) is 1. The number of rotatable bonds is 5. The molecule has 2 fully saturated rings. The number of phenolic OH excluding ortho intramolecular Hbond substituents is 1. The van der Waals surface area contributed by atoms with E-state index in [1.807, 2.05) is 44.2 Å². The standard InChI is InChI=1S/C30H30N2O5/c1-18-15-19(2)29(37-3)24(16-18)27(34)25-26(20-7-6-8-23(33)17-20)32(30(36)28(25)35)22-11-9-21(10-12-22)31-13-4-5-14-31/h6-12,15-17,26,33-34H,4-5,13-14H2,1-3H3/b27-25+.